The quantitative estimate of drug-likeness (QED) is 0.740. The van der Waals surface area contributed by atoms with Crippen LogP contribution in [0, 0.1) is 5.92 Å². The van der Waals surface area contributed by atoms with E-state index in [1.807, 2.05) is 0 Å². The molecule has 0 heterocycles. The van der Waals surface area contributed by atoms with Gasteiger partial charge in [-0.3, -0.25) is 4.90 Å². The predicted molar refractivity (Wildman–Crippen MR) is 65.3 cm³/mol. The number of aliphatic hydroxyl groups is 1. The third kappa shape index (κ3) is 2.60. The molecule has 0 radical (unpaired) electrons. The summed E-state index contributed by atoms with van der Waals surface area (Å²) in [6.45, 7) is 1.28. The third-order valence-corrected chi connectivity index (χ3v) is 4.55. The Morgan fingerprint density at radius 3 is 2.31 bits per heavy atom. The standard InChI is InChI=1S/C14H25NO/c16-14-5-3-1-2-4-13(14)15(12-8-9-12)10-11-6-7-11/h11-14,16H,1-10H2. The molecule has 0 bridgehead atoms. The first-order chi connectivity index (χ1) is 7.84. The van der Waals surface area contributed by atoms with E-state index in [1.54, 1.807) is 0 Å². The molecule has 2 unspecified atom stereocenters. The van der Waals surface area contributed by atoms with Crippen molar-refractivity contribution in [1.29, 1.82) is 0 Å². The molecule has 16 heavy (non-hydrogen) atoms. The van der Waals surface area contributed by atoms with Crippen molar-refractivity contribution in [3.05, 3.63) is 0 Å². The highest BCUT2D eigenvalue weighted by atomic mass is 16.3. The van der Waals surface area contributed by atoms with Gasteiger partial charge in [0.1, 0.15) is 0 Å². The van der Waals surface area contributed by atoms with Crippen molar-refractivity contribution in [1.82, 2.24) is 4.90 Å². The number of nitrogens with zero attached hydrogens (tertiary/aromatic N) is 1. The summed E-state index contributed by atoms with van der Waals surface area (Å²) in [6.07, 6.45) is 11.8. The summed E-state index contributed by atoms with van der Waals surface area (Å²) in [4.78, 5) is 2.69. The van der Waals surface area contributed by atoms with Gasteiger partial charge in [0.25, 0.3) is 0 Å². The van der Waals surface area contributed by atoms with E-state index in [0.29, 0.717) is 6.04 Å². The molecule has 2 heteroatoms. The zero-order chi connectivity index (χ0) is 11.0. The van der Waals surface area contributed by atoms with Gasteiger partial charge < -0.3 is 5.11 Å². The molecule has 3 fully saturated rings. The van der Waals surface area contributed by atoms with Gasteiger partial charge in [-0.1, -0.05) is 19.3 Å². The Morgan fingerprint density at radius 2 is 1.62 bits per heavy atom. The summed E-state index contributed by atoms with van der Waals surface area (Å²) >= 11 is 0. The topological polar surface area (TPSA) is 23.5 Å². The van der Waals surface area contributed by atoms with Gasteiger partial charge in [0.2, 0.25) is 0 Å². The zero-order valence-corrected chi connectivity index (χ0v) is 10.3. The fraction of sp³-hybridized carbons (Fsp3) is 1.00. The van der Waals surface area contributed by atoms with Crippen LogP contribution in [-0.4, -0.2) is 34.7 Å². The molecular formula is C14H25NO. The van der Waals surface area contributed by atoms with Crippen LogP contribution >= 0.6 is 0 Å². The second-order valence-corrected chi connectivity index (χ2v) is 6.14. The molecular weight excluding hydrogens is 198 g/mol. The minimum Gasteiger partial charge on any atom is -0.391 e. The van der Waals surface area contributed by atoms with Crippen LogP contribution in [0.2, 0.25) is 0 Å². The van der Waals surface area contributed by atoms with Gasteiger partial charge in [-0.05, 0) is 44.4 Å². The minimum absolute atomic E-state index is 0.0400. The van der Waals surface area contributed by atoms with Crippen molar-refractivity contribution in [2.24, 2.45) is 5.92 Å². The Hall–Kier alpha value is -0.0800. The smallest absolute Gasteiger partial charge is 0.0695 e. The highest BCUT2D eigenvalue weighted by molar-refractivity contribution is 4.94. The number of hydrogen-bond donors (Lipinski definition) is 1. The molecule has 0 saturated heterocycles. The number of hydrogen-bond acceptors (Lipinski definition) is 2. The Bertz CT molecular complexity index is 235. The average molecular weight is 223 g/mol. The average Bonchev–Trinajstić information content (AvgIpc) is 3.13. The van der Waals surface area contributed by atoms with Gasteiger partial charge in [-0.25, -0.2) is 0 Å². The van der Waals surface area contributed by atoms with Gasteiger partial charge in [-0.15, -0.1) is 0 Å². The lowest BCUT2D eigenvalue weighted by Gasteiger charge is -2.34. The van der Waals surface area contributed by atoms with E-state index in [-0.39, 0.29) is 6.10 Å². The maximum atomic E-state index is 10.3. The molecule has 0 aromatic heterocycles. The van der Waals surface area contributed by atoms with E-state index in [0.717, 1.165) is 18.4 Å². The van der Waals surface area contributed by atoms with Crippen LogP contribution in [0.1, 0.15) is 57.8 Å². The maximum absolute atomic E-state index is 10.3. The molecule has 0 aliphatic heterocycles. The fourth-order valence-corrected chi connectivity index (χ4v) is 3.22. The lowest BCUT2D eigenvalue weighted by molar-refractivity contribution is 0.0366. The lowest BCUT2D eigenvalue weighted by atomic mass is 10.0. The third-order valence-electron chi connectivity index (χ3n) is 4.55. The van der Waals surface area contributed by atoms with E-state index in [1.165, 1.54) is 57.9 Å². The SMILES string of the molecule is OC1CCCCCC1N(CC1CC1)C1CC1. The van der Waals surface area contributed by atoms with Crippen LogP contribution in [0.15, 0.2) is 0 Å². The first-order valence-corrected chi connectivity index (χ1v) is 7.28. The van der Waals surface area contributed by atoms with Crippen LogP contribution in [-0.2, 0) is 0 Å². The summed E-state index contributed by atoms with van der Waals surface area (Å²) in [7, 11) is 0. The van der Waals surface area contributed by atoms with E-state index < -0.39 is 0 Å². The van der Waals surface area contributed by atoms with Gasteiger partial charge in [0.05, 0.1) is 6.10 Å². The van der Waals surface area contributed by atoms with Crippen LogP contribution in [0.3, 0.4) is 0 Å². The van der Waals surface area contributed by atoms with Gasteiger partial charge in [0.15, 0.2) is 0 Å². The monoisotopic (exact) mass is 223 g/mol. The van der Waals surface area contributed by atoms with Crippen molar-refractivity contribution >= 4 is 0 Å². The summed E-state index contributed by atoms with van der Waals surface area (Å²) < 4.78 is 0. The Balaban J connectivity index is 1.64. The predicted octanol–water partition coefficient (Wildman–Crippen LogP) is 2.55. The molecule has 0 amide bonds. The van der Waals surface area contributed by atoms with E-state index in [9.17, 15) is 5.11 Å². The van der Waals surface area contributed by atoms with Crippen molar-refractivity contribution < 1.29 is 5.11 Å². The summed E-state index contributed by atoms with van der Waals surface area (Å²) in [5.74, 6) is 0.969. The highest BCUT2D eigenvalue weighted by Gasteiger charge is 2.39. The number of aliphatic hydroxyl groups excluding tert-OH is 1. The first kappa shape index (κ1) is 11.0. The minimum atomic E-state index is -0.0400. The van der Waals surface area contributed by atoms with Crippen LogP contribution < -0.4 is 0 Å². The Labute approximate surface area is 99.0 Å². The molecule has 2 atom stereocenters. The first-order valence-electron chi connectivity index (χ1n) is 7.28. The van der Waals surface area contributed by atoms with E-state index in [4.69, 9.17) is 0 Å². The van der Waals surface area contributed by atoms with Gasteiger partial charge in [-0.2, -0.15) is 0 Å². The second kappa shape index (κ2) is 4.66. The molecule has 1 N–H and O–H groups in total. The normalized spacial score (nSPS) is 36.4. The van der Waals surface area contributed by atoms with Gasteiger partial charge in [0, 0.05) is 18.6 Å². The molecule has 0 aromatic rings. The molecule has 2 nitrogen and oxygen atoms in total. The fourth-order valence-electron chi connectivity index (χ4n) is 3.22. The van der Waals surface area contributed by atoms with Gasteiger partial charge >= 0.3 is 0 Å². The maximum Gasteiger partial charge on any atom is 0.0695 e. The van der Waals surface area contributed by atoms with Crippen molar-refractivity contribution in [3.63, 3.8) is 0 Å². The molecule has 3 rings (SSSR count). The second-order valence-electron chi connectivity index (χ2n) is 6.14. The van der Waals surface area contributed by atoms with Crippen molar-refractivity contribution in [3.8, 4) is 0 Å². The Morgan fingerprint density at radius 1 is 0.875 bits per heavy atom. The summed E-state index contributed by atoms with van der Waals surface area (Å²) in [5, 5.41) is 10.3. The van der Waals surface area contributed by atoms with Crippen LogP contribution in [0.25, 0.3) is 0 Å². The van der Waals surface area contributed by atoms with Crippen molar-refractivity contribution in [2.45, 2.75) is 76.0 Å². The van der Waals surface area contributed by atoms with Crippen molar-refractivity contribution in [2.75, 3.05) is 6.54 Å². The van der Waals surface area contributed by atoms with E-state index >= 15 is 0 Å². The molecule has 3 saturated carbocycles. The molecule has 3 aliphatic rings. The molecule has 0 spiro atoms. The number of rotatable bonds is 4. The lowest BCUT2D eigenvalue weighted by Crippen LogP contribution is -2.45. The summed E-state index contributed by atoms with van der Waals surface area (Å²) in [6, 6.07) is 1.33. The van der Waals surface area contributed by atoms with E-state index in [2.05, 4.69) is 4.90 Å². The Kier molecular flexibility index (Phi) is 3.21. The van der Waals surface area contributed by atoms with Crippen LogP contribution in [0.4, 0.5) is 0 Å². The molecule has 92 valence electrons. The highest BCUT2D eigenvalue weighted by Crippen LogP contribution is 2.38. The summed E-state index contributed by atoms with van der Waals surface area (Å²) in [5.41, 5.74) is 0. The molecule has 3 aliphatic carbocycles. The zero-order valence-electron chi connectivity index (χ0n) is 10.3. The van der Waals surface area contributed by atoms with Crippen LogP contribution in [0.5, 0.6) is 0 Å². The molecule has 0 aromatic carbocycles. The largest absolute Gasteiger partial charge is 0.391 e.